The van der Waals surface area contributed by atoms with Crippen molar-refractivity contribution in [3.63, 3.8) is 0 Å². The zero-order valence-electron chi connectivity index (χ0n) is 16.2. The second-order valence-electron chi connectivity index (χ2n) is 8.26. The Kier molecular flexibility index (Phi) is 10.5. The van der Waals surface area contributed by atoms with Crippen molar-refractivity contribution in [2.45, 2.75) is 40.5 Å². The first kappa shape index (κ1) is 20.9. The van der Waals surface area contributed by atoms with Crippen molar-refractivity contribution in [3.05, 3.63) is 0 Å². The summed E-state index contributed by atoms with van der Waals surface area (Å²) >= 11 is 0. The maximum Gasteiger partial charge on any atom is 0.0914 e. The van der Waals surface area contributed by atoms with Crippen LogP contribution in [0, 0.1) is 11.8 Å². The minimum absolute atomic E-state index is 0.806. The molecule has 0 rings (SSSR count). The van der Waals surface area contributed by atoms with Crippen LogP contribution >= 0.6 is 0 Å². The molecule has 0 aromatic heterocycles. The molecule has 0 heterocycles. The van der Waals surface area contributed by atoms with Crippen LogP contribution in [0.3, 0.4) is 0 Å². The van der Waals surface area contributed by atoms with Crippen molar-refractivity contribution in [2.75, 3.05) is 67.5 Å². The molecule has 0 amide bonds. The molecule has 0 spiro atoms. The standard InChI is InChI=1S/C18H42N3/c1-17(2)9-11-20(7)13-16-21(8,14-10-18(3)4)15-12-19(5)6/h17-18H,9-16H2,1-8H3/q+1. The van der Waals surface area contributed by atoms with Gasteiger partial charge in [-0.1, -0.05) is 27.7 Å². The molecule has 0 aromatic rings. The first-order chi connectivity index (χ1) is 9.64. The van der Waals surface area contributed by atoms with E-state index in [1.54, 1.807) is 0 Å². The molecule has 0 aliphatic rings. The second-order valence-corrected chi connectivity index (χ2v) is 8.26. The molecule has 1 atom stereocenters. The molecule has 21 heavy (non-hydrogen) atoms. The van der Waals surface area contributed by atoms with E-state index in [-0.39, 0.29) is 0 Å². The third kappa shape index (κ3) is 12.1. The van der Waals surface area contributed by atoms with Gasteiger partial charge in [0.2, 0.25) is 0 Å². The maximum absolute atomic E-state index is 2.52. The lowest BCUT2D eigenvalue weighted by molar-refractivity contribution is -0.909. The summed E-state index contributed by atoms with van der Waals surface area (Å²) in [6.45, 7) is 16.8. The van der Waals surface area contributed by atoms with Crippen LogP contribution in [0.2, 0.25) is 0 Å². The van der Waals surface area contributed by atoms with Gasteiger partial charge in [-0.3, -0.25) is 0 Å². The van der Waals surface area contributed by atoms with Crippen molar-refractivity contribution < 1.29 is 4.48 Å². The smallest absolute Gasteiger partial charge is 0.0914 e. The number of quaternary nitrogens is 1. The predicted octanol–water partition coefficient (Wildman–Crippen LogP) is 3.02. The number of rotatable bonds is 12. The molecule has 0 aliphatic carbocycles. The zero-order valence-corrected chi connectivity index (χ0v) is 16.2. The fourth-order valence-electron chi connectivity index (χ4n) is 2.35. The lowest BCUT2D eigenvalue weighted by Crippen LogP contribution is -2.52. The largest absolute Gasteiger partial charge is 0.324 e. The average Bonchev–Trinajstić information content (AvgIpc) is 2.38. The van der Waals surface area contributed by atoms with Crippen molar-refractivity contribution >= 4 is 0 Å². The molecule has 0 saturated heterocycles. The Labute approximate surface area is 134 Å². The van der Waals surface area contributed by atoms with Gasteiger partial charge in [0, 0.05) is 13.1 Å². The summed E-state index contributed by atoms with van der Waals surface area (Å²) < 4.78 is 1.21. The van der Waals surface area contributed by atoms with Crippen LogP contribution in [-0.2, 0) is 0 Å². The van der Waals surface area contributed by atoms with Gasteiger partial charge in [-0.2, -0.15) is 0 Å². The lowest BCUT2D eigenvalue weighted by Gasteiger charge is -2.37. The van der Waals surface area contributed by atoms with Crippen molar-refractivity contribution in [1.29, 1.82) is 0 Å². The molecule has 0 saturated carbocycles. The van der Waals surface area contributed by atoms with E-state index < -0.39 is 0 Å². The van der Waals surface area contributed by atoms with E-state index in [2.05, 4.69) is 65.7 Å². The van der Waals surface area contributed by atoms with Gasteiger partial charge in [0.15, 0.2) is 0 Å². The average molecular weight is 301 g/mol. The summed E-state index contributed by atoms with van der Waals surface area (Å²) in [6.07, 6.45) is 2.64. The maximum atomic E-state index is 2.52. The van der Waals surface area contributed by atoms with E-state index in [1.807, 2.05) is 0 Å². The molecule has 1 unspecified atom stereocenters. The Bertz CT molecular complexity index is 237. The highest BCUT2D eigenvalue weighted by molar-refractivity contribution is 4.56. The van der Waals surface area contributed by atoms with E-state index in [0.717, 1.165) is 11.8 Å². The van der Waals surface area contributed by atoms with Crippen LogP contribution in [0.4, 0.5) is 0 Å². The highest BCUT2D eigenvalue weighted by Crippen LogP contribution is 2.10. The van der Waals surface area contributed by atoms with Gasteiger partial charge in [-0.15, -0.1) is 0 Å². The Hall–Kier alpha value is -0.120. The highest BCUT2D eigenvalue weighted by atomic mass is 15.4. The van der Waals surface area contributed by atoms with Gasteiger partial charge in [0.05, 0.1) is 26.7 Å². The summed E-state index contributed by atoms with van der Waals surface area (Å²) in [5, 5.41) is 0. The van der Waals surface area contributed by atoms with Gasteiger partial charge >= 0.3 is 0 Å². The fraction of sp³-hybridized carbons (Fsp3) is 1.00. The number of likely N-dealkylation sites (N-methyl/N-ethyl adjacent to an activating group) is 3. The molecule has 0 aromatic carbocycles. The summed E-state index contributed by atoms with van der Waals surface area (Å²) in [5.41, 5.74) is 0. The topological polar surface area (TPSA) is 6.48 Å². The van der Waals surface area contributed by atoms with Gasteiger partial charge in [-0.25, -0.2) is 0 Å². The molecule has 0 radical (unpaired) electrons. The summed E-state index contributed by atoms with van der Waals surface area (Å²) in [7, 11) is 9.09. The summed E-state index contributed by atoms with van der Waals surface area (Å²) in [4.78, 5) is 4.83. The Morgan fingerprint density at radius 3 is 1.71 bits per heavy atom. The van der Waals surface area contributed by atoms with Crippen molar-refractivity contribution in [3.8, 4) is 0 Å². The van der Waals surface area contributed by atoms with E-state index >= 15 is 0 Å². The third-order valence-electron chi connectivity index (χ3n) is 4.44. The van der Waals surface area contributed by atoms with Crippen LogP contribution in [0.15, 0.2) is 0 Å². The molecule has 0 fully saturated rings. The fourth-order valence-corrected chi connectivity index (χ4v) is 2.35. The first-order valence-corrected chi connectivity index (χ1v) is 8.81. The summed E-state index contributed by atoms with van der Waals surface area (Å²) in [6, 6.07) is 0. The molecular weight excluding hydrogens is 258 g/mol. The highest BCUT2D eigenvalue weighted by Gasteiger charge is 2.22. The van der Waals surface area contributed by atoms with E-state index in [0.29, 0.717) is 0 Å². The van der Waals surface area contributed by atoms with Crippen LogP contribution in [0.5, 0.6) is 0 Å². The SMILES string of the molecule is CC(C)CCN(C)CC[N+](C)(CCC(C)C)CCN(C)C. The Morgan fingerprint density at radius 2 is 1.24 bits per heavy atom. The number of nitrogens with zero attached hydrogens (tertiary/aromatic N) is 3. The molecular formula is C18H42N3+. The Balaban J connectivity index is 4.30. The monoisotopic (exact) mass is 300 g/mol. The van der Waals surface area contributed by atoms with Crippen LogP contribution in [-0.4, -0.2) is 81.7 Å². The quantitative estimate of drug-likeness (QED) is 0.511. The predicted molar refractivity (Wildman–Crippen MR) is 95.7 cm³/mol. The molecule has 0 bridgehead atoms. The zero-order chi connectivity index (χ0) is 16.5. The minimum atomic E-state index is 0.806. The van der Waals surface area contributed by atoms with Gasteiger partial charge < -0.3 is 14.3 Å². The second kappa shape index (κ2) is 10.6. The lowest BCUT2D eigenvalue weighted by atomic mass is 10.1. The van der Waals surface area contributed by atoms with Crippen LogP contribution in [0.25, 0.3) is 0 Å². The third-order valence-corrected chi connectivity index (χ3v) is 4.44. The first-order valence-electron chi connectivity index (χ1n) is 8.81. The van der Waals surface area contributed by atoms with Gasteiger partial charge in [0.25, 0.3) is 0 Å². The van der Waals surface area contributed by atoms with Crippen molar-refractivity contribution in [2.24, 2.45) is 11.8 Å². The molecule has 3 nitrogen and oxygen atoms in total. The molecule has 0 aliphatic heterocycles. The van der Waals surface area contributed by atoms with Crippen LogP contribution < -0.4 is 0 Å². The van der Waals surface area contributed by atoms with Gasteiger partial charge in [-0.05, 0) is 52.4 Å². The Morgan fingerprint density at radius 1 is 0.714 bits per heavy atom. The molecule has 0 N–H and O–H groups in total. The summed E-state index contributed by atoms with van der Waals surface area (Å²) in [5.74, 6) is 1.61. The van der Waals surface area contributed by atoms with E-state index in [4.69, 9.17) is 0 Å². The number of hydrogen-bond donors (Lipinski definition) is 0. The minimum Gasteiger partial charge on any atom is -0.324 e. The van der Waals surface area contributed by atoms with Crippen molar-refractivity contribution in [1.82, 2.24) is 9.80 Å². The molecule has 3 heteroatoms. The van der Waals surface area contributed by atoms with Gasteiger partial charge in [0.1, 0.15) is 0 Å². The molecule has 128 valence electrons. The van der Waals surface area contributed by atoms with E-state index in [1.165, 1.54) is 56.6 Å². The van der Waals surface area contributed by atoms with E-state index in [9.17, 15) is 0 Å². The van der Waals surface area contributed by atoms with Crippen LogP contribution in [0.1, 0.15) is 40.5 Å². The normalized spacial score (nSPS) is 15.4. The number of hydrogen-bond acceptors (Lipinski definition) is 2.